The van der Waals surface area contributed by atoms with E-state index in [-0.39, 0.29) is 17.4 Å². The van der Waals surface area contributed by atoms with Crippen LogP contribution in [0.2, 0.25) is 0 Å². The average Bonchev–Trinajstić information content (AvgIpc) is 2.56. The second-order valence-electron chi connectivity index (χ2n) is 3.42. The number of carboxylic acids is 1. The summed E-state index contributed by atoms with van der Waals surface area (Å²) in [5, 5.41) is 15.6. The zero-order chi connectivity index (χ0) is 12.1. The number of hydrogen-bond acceptors (Lipinski definition) is 4. The first-order valence-electron chi connectivity index (χ1n) is 5.08. The van der Waals surface area contributed by atoms with E-state index in [9.17, 15) is 9.59 Å². The lowest BCUT2D eigenvalue weighted by Crippen LogP contribution is -2.16. The minimum absolute atomic E-state index is 0.122. The van der Waals surface area contributed by atoms with Gasteiger partial charge in [0.05, 0.1) is 0 Å². The fourth-order valence-corrected chi connectivity index (χ4v) is 2.27. The molecule has 16 heavy (non-hydrogen) atoms. The Kier molecular flexibility index (Phi) is 4.60. The smallest absolute Gasteiger partial charge is 0.343 e. The maximum absolute atomic E-state index is 11.3. The Morgan fingerprint density at radius 1 is 1.69 bits per heavy atom. The lowest BCUT2D eigenvalue weighted by molar-refractivity contribution is -0.137. The van der Waals surface area contributed by atoms with Crippen LogP contribution in [0, 0.1) is 0 Å². The van der Waals surface area contributed by atoms with Crippen LogP contribution in [0.3, 0.4) is 0 Å². The number of H-pyrrole nitrogens is 1. The number of aromatic nitrogens is 3. The van der Waals surface area contributed by atoms with Gasteiger partial charge in [-0.25, -0.2) is 9.89 Å². The molecule has 0 bridgehead atoms. The van der Waals surface area contributed by atoms with E-state index in [0.717, 1.165) is 0 Å². The number of hydrogen-bond donors (Lipinski definition) is 2. The van der Waals surface area contributed by atoms with Gasteiger partial charge in [-0.05, 0) is 13.3 Å². The number of nitrogens with one attached hydrogen (secondary N) is 1. The Hall–Kier alpha value is -1.24. The standard InChI is InChI=1S/C9H15N3O3S/c1-3-12-8(15)10-11-9(12)16-6(2)4-5-7(13)14/h6H,3-5H2,1-2H3,(H,10,15)(H,13,14). The molecule has 1 aromatic rings. The van der Waals surface area contributed by atoms with Crippen molar-refractivity contribution in [3.63, 3.8) is 0 Å². The molecule has 90 valence electrons. The molecule has 1 unspecified atom stereocenters. The van der Waals surface area contributed by atoms with Gasteiger partial charge >= 0.3 is 11.7 Å². The van der Waals surface area contributed by atoms with Gasteiger partial charge in [-0.1, -0.05) is 18.7 Å². The third-order valence-corrected chi connectivity index (χ3v) is 3.27. The van der Waals surface area contributed by atoms with Gasteiger partial charge in [0.1, 0.15) is 0 Å². The summed E-state index contributed by atoms with van der Waals surface area (Å²) in [6.45, 7) is 4.35. The van der Waals surface area contributed by atoms with Crippen LogP contribution in [-0.4, -0.2) is 31.1 Å². The van der Waals surface area contributed by atoms with Gasteiger partial charge in [-0.3, -0.25) is 9.36 Å². The summed E-state index contributed by atoms with van der Waals surface area (Å²) in [6, 6.07) is 0. The van der Waals surface area contributed by atoms with Gasteiger partial charge in [0.15, 0.2) is 5.16 Å². The molecule has 0 aliphatic carbocycles. The maximum Gasteiger partial charge on any atom is 0.343 e. The third-order valence-electron chi connectivity index (χ3n) is 2.11. The van der Waals surface area contributed by atoms with Crippen LogP contribution < -0.4 is 5.69 Å². The Morgan fingerprint density at radius 2 is 2.38 bits per heavy atom. The third kappa shape index (κ3) is 3.41. The summed E-state index contributed by atoms with van der Waals surface area (Å²) in [6.07, 6.45) is 0.694. The lowest BCUT2D eigenvalue weighted by atomic mass is 10.2. The highest BCUT2D eigenvalue weighted by atomic mass is 32.2. The minimum atomic E-state index is -0.803. The highest BCUT2D eigenvalue weighted by molar-refractivity contribution is 7.99. The summed E-state index contributed by atoms with van der Waals surface area (Å²) in [4.78, 5) is 21.7. The van der Waals surface area contributed by atoms with Crippen molar-refractivity contribution in [3.8, 4) is 0 Å². The van der Waals surface area contributed by atoms with E-state index < -0.39 is 5.97 Å². The fraction of sp³-hybridized carbons (Fsp3) is 0.667. The summed E-state index contributed by atoms with van der Waals surface area (Å²) >= 11 is 1.41. The molecular weight excluding hydrogens is 230 g/mol. The number of carbonyl (C=O) groups is 1. The number of nitrogens with zero attached hydrogens (tertiary/aromatic N) is 2. The highest BCUT2D eigenvalue weighted by Crippen LogP contribution is 2.22. The van der Waals surface area contributed by atoms with Crippen LogP contribution >= 0.6 is 11.8 Å². The fourth-order valence-electron chi connectivity index (χ4n) is 1.24. The predicted molar refractivity (Wildman–Crippen MR) is 60.7 cm³/mol. The van der Waals surface area contributed by atoms with Crippen LogP contribution in [0.1, 0.15) is 26.7 Å². The number of carboxylic acid groups (broad SMARTS) is 1. The topological polar surface area (TPSA) is 88.0 Å². The van der Waals surface area contributed by atoms with Crippen LogP contribution in [0.5, 0.6) is 0 Å². The van der Waals surface area contributed by atoms with Crippen LogP contribution in [0.15, 0.2) is 9.95 Å². The Balaban J connectivity index is 2.58. The van der Waals surface area contributed by atoms with E-state index in [1.807, 2.05) is 13.8 Å². The van der Waals surface area contributed by atoms with Crippen LogP contribution in [0.25, 0.3) is 0 Å². The van der Waals surface area contributed by atoms with Crippen molar-refractivity contribution in [2.45, 2.75) is 43.6 Å². The number of thioether (sulfide) groups is 1. The SMILES string of the molecule is CCn1c(SC(C)CCC(=O)O)n[nH]c1=O. The molecule has 0 aromatic carbocycles. The molecule has 0 spiro atoms. The minimum Gasteiger partial charge on any atom is -0.481 e. The molecule has 0 amide bonds. The molecule has 1 rings (SSSR count). The second-order valence-corrected chi connectivity index (χ2v) is 4.82. The van der Waals surface area contributed by atoms with Gasteiger partial charge in [0.2, 0.25) is 0 Å². The van der Waals surface area contributed by atoms with Crippen molar-refractivity contribution in [2.24, 2.45) is 0 Å². The highest BCUT2D eigenvalue weighted by Gasteiger charge is 2.12. The van der Waals surface area contributed by atoms with Crippen molar-refractivity contribution >= 4 is 17.7 Å². The normalized spacial score (nSPS) is 12.6. The molecule has 0 aliphatic rings. The van der Waals surface area contributed by atoms with E-state index in [1.54, 1.807) is 0 Å². The monoisotopic (exact) mass is 245 g/mol. The zero-order valence-corrected chi connectivity index (χ0v) is 10.1. The summed E-state index contributed by atoms with van der Waals surface area (Å²) in [7, 11) is 0. The summed E-state index contributed by atoms with van der Waals surface area (Å²) < 4.78 is 1.53. The predicted octanol–water partition coefficient (Wildman–Crippen LogP) is 0.937. The van der Waals surface area contributed by atoms with E-state index in [2.05, 4.69) is 10.2 Å². The first-order valence-corrected chi connectivity index (χ1v) is 5.96. The molecule has 0 fully saturated rings. The van der Waals surface area contributed by atoms with Crippen LogP contribution in [0.4, 0.5) is 0 Å². The van der Waals surface area contributed by atoms with Gasteiger partial charge in [-0.2, -0.15) is 0 Å². The molecular formula is C9H15N3O3S. The molecule has 1 aromatic heterocycles. The largest absolute Gasteiger partial charge is 0.481 e. The Morgan fingerprint density at radius 3 is 2.94 bits per heavy atom. The van der Waals surface area contributed by atoms with Gasteiger partial charge in [0.25, 0.3) is 0 Å². The van der Waals surface area contributed by atoms with E-state index in [1.165, 1.54) is 16.3 Å². The average molecular weight is 245 g/mol. The van der Waals surface area contributed by atoms with Crippen molar-refractivity contribution in [1.82, 2.24) is 14.8 Å². The number of aromatic amines is 1. The first kappa shape index (κ1) is 12.8. The first-order chi connectivity index (χ1) is 7.54. The van der Waals surface area contributed by atoms with E-state index in [0.29, 0.717) is 18.1 Å². The molecule has 0 saturated carbocycles. The van der Waals surface area contributed by atoms with Crippen molar-refractivity contribution in [3.05, 3.63) is 10.5 Å². The molecule has 7 heteroatoms. The van der Waals surface area contributed by atoms with E-state index >= 15 is 0 Å². The summed E-state index contributed by atoms with van der Waals surface area (Å²) in [5.74, 6) is -0.803. The summed E-state index contributed by atoms with van der Waals surface area (Å²) in [5.41, 5.74) is -0.226. The molecule has 0 aliphatic heterocycles. The van der Waals surface area contributed by atoms with E-state index in [4.69, 9.17) is 5.11 Å². The molecule has 1 heterocycles. The van der Waals surface area contributed by atoms with Crippen molar-refractivity contribution in [1.29, 1.82) is 0 Å². The quantitative estimate of drug-likeness (QED) is 0.728. The number of aliphatic carboxylic acids is 1. The second kappa shape index (κ2) is 5.74. The van der Waals surface area contributed by atoms with Gasteiger partial charge in [-0.15, -0.1) is 5.10 Å². The Labute approximate surface area is 97.1 Å². The Bertz CT molecular complexity index is 412. The zero-order valence-electron chi connectivity index (χ0n) is 9.27. The van der Waals surface area contributed by atoms with Gasteiger partial charge in [0, 0.05) is 18.2 Å². The number of rotatable bonds is 6. The molecule has 1 atom stereocenters. The molecule has 0 radical (unpaired) electrons. The maximum atomic E-state index is 11.3. The van der Waals surface area contributed by atoms with Crippen molar-refractivity contribution in [2.75, 3.05) is 0 Å². The lowest BCUT2D eigenvalue weighted by Gasteiger charge is -2.08. The molecule has 2 N–H and O–H groups in total. The van der Waals surface area contributed by atoms with Gasteiger partial charge < -0.3 is 5.11 Å². The molecule has 6 nitrogen and oxygen atoms in total. The molecule has 0 saturated heterocycles. The van der Waals surface area contributed by atoms with Crippen molar-refractivity contribution < 1.29 is 9.90 Å². The van der Waals surface area contributed by atoms with Crippen LogP contribution in [-0.2, 0) is 11.3 Å².